The molecule has 0 aromatic rings. The SMILES string of the molecule is C=CI(I)CI(I)CI(I)CI(I)CI(I)CI(I)C=CCC. The van der Waals surface area contributed by atoms with Gasteiger partial charge in [-0.2, -0.15) is 0 Å². The molecular formula is C11H20I12. The zero-order valence-corrected chi connectivity index (χ0v) is 38.1. The van der Waals surface area contributed by atoms with Crippen LogP contribution in [-0.2, 0) is 0 Å². The van der Waals surface area contributed by atoms with Gasteiger partial charge in [0.1, 0.15) is 0 Å². The molecule has 12 heteroatoms. The summed E-state index contributed by atoms with van der Waals surface area (Å²) in [6, 6.07) is 0. The summed E-state index contributed by atoms with van der Waals surface area (Å²) in [6.07, 6.45) is 3.65. The van der Waals surface area contributed by atoms with E-state index in [1.54, 1.807) is 12.2 Å². The molecule has 0 rings (SSSR count). The van der Waals surface area contributed by atoms with E-state index in [2.05, 4.69) is 139 Å². The van der Waals surface area contributed by atoms with Gasteiger partial charge < -0.3 is 0 Å². The number of hydrogen-bond acceptors (Lipinski definition) is 0. The number of alkyl halides is 10. The Morgan fingerprint density at radius 2 is 1.09 bits per heavy atom. The minimum atomic E-state index is -0.715. The van der Waals surface area contributed by atoms with Gasteiger partial charge in [-0.3, -0.25) is 0 Å². The maximum atomic E-state index is 4.02. The zero-order valence-electron chi connectivity index (χ0n) is 12.2. The Morgan fingerprint density at radius 3 is 1.48 bits per heavy atom. The molecule has 0 aliphatic rings. The Hall–Kier alpha value is 8.24. The molecule has 0 heterocycles. The van der Waals surface area contributed by atoms with Crippen molar-refractivity contribution >= 4 is 207 Å². The molecule has 0 radical (unpaired) electrons. The topological polar surface area (TPSA) is 0 Å². The molecule has 0 fully saturated rings. The number of allylic oxidation sites excluding steroid dienone is 1. The quantitative estimate of drug-likeness (QED) is 0.127. The van der Waals surface area contributed by atoms with Crippen LogP contribution in [0.25, 0.3) is 0 Å². The number of rotatable bonds is 13. The molecule has 0 unspecified atom stereocenters. The molecule has 0 aromatic heterocycles. The van der Waals surface area contributed by atoms with Crippen molar-refractivity contribution < 1.29 is 0 Å². The first-order valence-corrected chi connectivity index (χ1v) is 61.3. The summed E-state index contributed by atoms with van der Waals surface area (Å²) >= 11 is 13.5. The molecule has 0 aromatic carbocycles. The molecule has 0 aliphatic heterocycles. The Labute approximate surface area is 244 Å². The average molecular weight is 1680 g/mol. The van der Waals surface area contributed by atoms with Crippen LogP contribution < -0.4 is 0 Å². The summed E-state index contributed by atoms with van der Waals surface area (Å²) in [4.78, 5) is 0. The van der Waals surface area contributed by atoms with Gasteiger partial charge in [0.05, 0.1) is 0 Å². The fourth-order valence-electron chi connectivity index (χ4n) is 0.935. The fourth-order valence-corrected chi connectivity index (χ4v) is 274. The maximum absolute atomic E-state index is 4.02. The van der Waals surface area contributed by atoms with E-state index in [1.807, 2.05) is 0 Å². The van der Waals surface area contributed by atoms with E-state index in [0.717, 1.165) is 0 Å². The molecule has 0 atom stereocenters. The third kappa shape index (κ3) is 20.6. The second kappa shape index (κ2) is 20.8. The van der Waals surface area contributed by atoms with Crippen molar-refractivity contribution in [3.05, 3.63) is 20.8 Å². The first-order valence-electron chi connectivity index (χ1n) is 5.82. The van der Waals surface area contributed by atoms with E-state index >= 15 is 0 Å². The van der Waals surface area contributed by atoms with Gasteiger partial charge >= 0.3 is 253 Å². The molecule has 0 spiro atoms. The summed E-state index contributed by atoms with van der Waals surface area (Å²) in [6.45, 7) is 6.28. The molecule has 0 amide bonds. The van der Waals surface area contributed by atoms with Crippen LogP contribution in [0.15, 0.2) is 20.8 Å². The van der Waals surface area contributed by atoms with Crippen molar-refractivity contribution in [2.75, 3.05) is 12.2 Å². The average Bonchev–Trinajstić information content (AvgIpc) is 2.43. The zero-order chi connectivity index (χ0) is 17.8. The Bertz CT molecular complexity index is 337. The monoisotopic (exact) mass is 1680 g/mol. The van der Waals surface area contributed by atoms with Crippen molar-refractivity contribution in [3.8, 4) is 0 Å². The molecule has 0 aliphatic carbocycles. The van der Waals surface area contributed by atoms with Crippen LogP contribution in [0.4, 0.5) is 0 Å². The van der Waals surface area contributed by atoms with Crippen LogP contribution in [0.1, 0.15) is 13.3 Å². The standard InChI is InChI=1S/C11H20I12/c1-3-5-6-19(13)8-21(15)10-23(17)11-22(16)9-20(14)7-18(12)4-2/h4-6H,2-3,7-11H2,1H3. The predicted molar refractivity (Wildman–Crippen MR) is 222 cm³/mol. The second-order valence-electron chi connectivity index (χ2n) is 3.67. The normalized spacial score (nSPS) is 15.3. The van der Waals surface area contributed by atoms with E-state index in [0.29, 0.717) is 0 Å². The molecule has 0 nitrogen and oxygen atoms in total. The Morgan fingerprint density at radius 1 is 0.696 bits per heavy atom. The van der Waals surface area contributed by atoms with Crippen LogP contribution in [0, 0.1) is 0 Å². The molecule has 0 saturated heterocycles. The summed E-state index contributed by atoms with van der Waals surface area (Å²) in [5.41, 5.74) is 0. The molecular weight excluding hydrogens is 1650 g/mol. The van der Waals surface area contributed by atoms with Gasteiger partial charge in [-0.15, -0.1) is 0 Å². The second-order valence-corrected chi connectivity index (χ2v) is 85.3. The summed E-state index contributed by atoms with van der Waals surface area (Å²) in [5, 5.41) is 0. The third-order valence-corrected chi connectivity index (χ3v) is 153. The molecule has 23 heavy (non-hydrogen) atoms. The van der Waals surface area contributed by atoms with Crippen molar-refractivity contribution in [2.45, 2.75) is 13.3 Å². The van der Waals surface area contributed by atoms with E-state index in [4.69, 9.17) is 0 Å². The van der Waals surface area contributed by atoms with Crippen LogP contribution in [0.3, 0.4) is 0 Å². The summed E-state index contributed by atoms with van der Waals surface area (Å²) in [5.74, 6) is 0. The van der Waals surface area contributed by atoms with E-state index in [9.17, 15) is 0 Å². The molecule has 148 valence electrons. The van der Waals surface area contributed by atoms with Gasteiger partial charge in [0.2, 0.25) is 0 Å². The minimum absolute atomic E-state index is 0.579. The van der Waals surface area contributed by atoms with E-state index in [-0.39, 0.29) is 0 Å². The van der Waals surface area contributed by atoms with E-state index in [1.165, 1.54) is 6.42 Å². The van der Waals surface area contributed by atoms with E-state index < -0.39 is 95.1 Å². The summed E-state index contributed by atoms with van der Waals surface area (Å²) < 4.78 is 13.5. The van der Waals surface area contributed by atoms with Gasteiger partial charge in [-0.05, 0) is 0 Å². The Kier molecular flexibility index (Phi) is 28.3. The number of hydrogen-bond donors (Lipinski definition) is 0. The van der Waals surface area contributed by atoms with Gasteiger partial charge in [-0.25, -0.2) is 0 Å². The van der Waals surface area contributed by atoms with Gasteiger partial charge in [0, 0.05) is 0 Å². The van der Waals surface area contributed by atoms with Crippen molar-refractivity contribution in [3.63, 3.8) is 0 Å². The van der Waals surface area contributed by atoms with Crippen molar-refractivity contribution in [1.29, 1.82) is 0 Å². The first-order chi connectivity index (χ1) is 10.8. The molecule has 0 saturated carbocycles. The van der Waals surface area contributed by atoms with Crippen LogP contribution in [0.2, 0.25) is 0 Å². The van der Waals surface area contributed by atoms with Gasteiger partial charge in [0.25, 0.3) is 0 Å². The fraction of sp³-hybridized carbons (Fsp3) is 0.636. The van der Waals surface area contributed by atoms with Crippen LogP contribution in [0.5, 0.6) is 0 Å². The Balaban J connectivity index is 4.05. The molecule has 0 N–H and O–H groups in total. The summed E-state index contributed by atoms with van der Waals surface area (Å²) in [7, 11) is 0. The molecule has 0 bridgehead atoms. The van der Waals surface area contributed by atoms with Crippen molar-refractivity contribution in [2.24, 2.45) is 0 Å². The van der Waals surface area contributed by atoms with Gasteiger partial charge in [0.15, 0.2) is 0 Å². The first kappa shape index (κ1) is 31.2. The van der Waals surface area contributed by atoms with Gasteiger partial charge in [-0.1, -0.05) is 0 Å². The number of halogens is 12. The van der Waals surface area contributed by atoms with Crippen LogP contribution >= 0.6 is 207 Å². The van der Waals surface area contributed by atoms with Crippen molar-refractivity contribution in [1.82, 2.24) is 0 Å². The predicted octanol–water partition coefficient (Wildman–Crippen LogP) is 13.0. The third-order valence-electron chi connectivity index (χ3n) is 1.70. The van der Waals surface area contributed by atoms with Crippen LogP contribution in [-0.4, -0.2) is 12.2 Å².